The summed E-state index contributed by atoms with van der Waals surface area (Å²) in [7, 11) is 0. The molecule has 0 bridgehead atoms. The van der Waals surface area contributed by atoms with Crippen molar-refractivity contribution >= 4 is 23.2 Å². The van der Waals surface area contributed by atoms with Crippen LogP contribution in [0.3, 0.4) is 0 Å². The van der Waals surface area contributed by atoms with E-state index < -0.39 is 6.10 Å². The fourth-order valence-corrected chi connectivity index (χ4v) is 1.23. The molecule has 13 heavy (non-hydrogen) atoms. The first kappa shape index (κ1) is 10.4. The van der Waals surface area contributed by atoms with Crippen LogP contribution in [0.15, 0.2) is 18.2 Å². The minimum Gasteiger partial charge on any atom is -0.381 e. The SMILES string of the molecule is CC(O)C#Cc1ccc(Cl)cc1Cl. The van der Waals surface area contributed by atoms with Crippen LogP contribution in [-0.4, -0.2) is 11.2 Å². The Morgan fingerprint density at radius 1 is 1.38 bits per heavy atom. The molecule has 1 aromatic carbocycles. The van der Waals surface area contributed by atoms with Gasteiger partial charge in [0, 0.05) is 10.6 Å². The zero-order chi connectivity index (χ0) is 9.84. The third-order valence-corrected chi connectivity index (χ3v) is 1.89. The van der Waals surface area contributed by atoms with E-state index in [1.165, 1.54) is 0 Å². The summed E-state index contributed by atoms with van der Waals surface area (Å²) in [4.78, 5) is 0. The Morgan fingerprint density at radius 2 is 2.08 bits per heavy atom. The number of aliphatic hydroxyl groups is 1. The predicted molar refractivity (Wildman–Crippen MR) is 55.0 cm³/mol. The summed E-state index contributed by atoms with van der Waals surface area (Å²) in [5, 5.41) is 9.99. The van der Waals surface area contributed by atoms with Crippen LogP contribution in [0, 0.1) is 11.8 Å². The highest BCUT2D eigenvalue weighted by molar-refractivity contribution is 6.35. The van der Waals surface area contributed by atoms with Gasteiger partial charge in [0.2, 0.25) is 0 Å². The minimum absolute atomic E-state index is 0.501. The van der Waals surface area contributed by atoms with Crippen molar-refractivity contribution in [2.75, 3.05) is 0 Å². The van der Waals surface area contributed by atoms with E-state index in [0.29, 0.717) is 15.6 Å². The Balaban J connectivity index is 2.98. The van der Waals surface area contributed by atoms with Crippen LogP contribution in [0.1, 0.15) is 12.5 Å². The molecule has 0 aliphatic heterocycles. The molecular formula is C10H8Cl2O. The summed E-state index contributed by atoms with van der Waals surface area (Å²) >= 11 is 11.5. The maximum absolute atomic E-state index is 8.92. The predicted octanol–water partition coefficient (Wildman–Crippen LogP) is 2.73. The zero-order valence-corrected chi connectivity index (χ0v) is 8.52. The highest BCUT2D eigenvalue weighted by Crippen LogP contribution is 2.19. The molecule has 0 saturated heterocycles. The van der Waals surface area contributed by atoms with Gasteiger partial charge in [-0.05, 0) is 25.1 Å². The maximum Gasteiger partial charge on any atom is 0.112 e. The number of hydrogen-bond acceptors (Lipinski definition) is 1. The van der Waals surface area contributed by atoms with Gasteiger partial charge in [0.1, 0.15) is 6.10 Å². The highest BCUT2D eigenvalue weighted by Gasteiger charge is 1.97. The lowest BCUT2D eigenvalue weighted by Crippen LogP contribution is -1.92. The molecule has 1 aromatic rings. The van der Waals surface area contributed by atoms with Gasteiger partial charge in [0.05, 0.1) is 5.02 Å². The molecule has 1 N–H and O–H groups in total. The Kier molecular flexibility index (Phi) is 3.62. The monoisotopic (exact) mass is 214 g/mol. The summed E-state index contributed by atoms with van der Waals surface area (Å²) in [6.07, 6.45) is -0.647. The van der Waals surface area contributed by atoms with Gasteiger partial charge in [0.25, 0.3) is 0 Å². The second-order valence-electron chi connectivity index (χ2n) is 2.57. The lowest BCUT2D eigenvalue weighted by Gasteiger charge is -1.96. The van der Waals surface area contributed by atoms with Crippen LogP contribution >= 0.6 is 23.2 Å². The molecule has 1 nitrogen and oxygen atoms in total. The number of halogens is 2. The first-order valence-corrected chi connectivity index (χ1v) is 4.50. The van der Waals surface area contributed by atoms with Crippen LogP contribution in [0.5, 0.6) is 0 Å². The van der Waals surface area contributed by atoms with Crippen molar-refractivity contribution in [1.29, 1.82) is 0 Å². The van der Waals surface area contributed by atoms with Crippen LogP contribution in [-0.2, 0) is 0 Å². The van der Waals surface area contributed by atoms with Gasteiger partial charge in [-0.3, -0.25) is 0 Å². The number of hydrogen-bond donors (Lipinski definition) is 1. The van der Waals surface area contributed by atoms with Gasteiger partial charge in [-0.25, -0.2) is 0 Å². The molecule has 1 rings (SSSR count). The fourth-order valence-electron chi connectivity index (χ4n) is 0.773. The van der Waals surface area contributed by atoms with Crippen LogP contribution in [0.25, 0.3) is 0 Å². The molecule has 0 radical (unpaired) electrons. The number of rotatable bonds is 0. The lowest BCUT2D eigenvalue weighted by molar-refractivity contribution is 0.253. The molecule has 0 heterocycles. The van der Waals surface area contributed by atoms with E-state index in [-0.39, 0.29) is 0 Å². The molecule has 0 spiro atoms. The molecule has 0 aliphatic carbocycles. The molecule has 0 amide bonds. The van der Waals surface area contributed by atoms with E-state index in [9.17, 15) is 0 Å². The van der Waals surface area contributed by atoms with E-state index in [1.54, 1.807) is 25.1 Å². The third kappa shape index (κ3) is 3.28. The summed E-state index contributed by atoms with van der Waals surface area (Å²) in [5.41, 5.74) is 0.673. The Hall–Kier alpha value is -0.680. The fraction of sp³-hybridized carbons (Fsp3) is 0.200. The van der Waals surface area contributed by atoms with Crippen molar-refractivity contribution in [2.45, 2.75) is 13.0 Å². The van der Waals surface area contributed by atoms with Gasteiger partial charge < -0.3 is 5.11 Å². The molecule has 0 fully saturated rings. The average molecular weight is 215 g/mol. The summed E-state index contributed by atoms with van der Waals surface area (Å²) in [5.74, 6) is 5.35. The van der Waals surface area contributed by atoms with E-state index in [1.807, 2.05) is 0 Å². The number of aliphatic hydroxyl groups excluding tert-OH is 1. The van der Waals surface area contributed by atoms with Crippen LogP contribution in [0.2, 0.25) is 10.0 Å². The molecule has 0 aliphatic rings. The second-order valence-corrected chi connectivity index (χ2v) is 3.41. The van der Waals surface area contributed by atoms with Crippen LogP contribution < -0.4 is 0 Å². The summed E-state index contributed by atoms with van der Waals surface area (Å²) in [6.45, 7) is 1.59. The van der Waals surface area contributed by atoms with Crippen molar-refractivity contribution in [1.82, 2.24) is 0 Å². The molecule has 3 heteroatoms. The van der Waals surface area contributed by atoms with Crippen molar-refractivity contribution in [2.24, 2.45) is 0 Å². The van der Waals surface area contributed by atoms with Crippen LogP contribution in [0.4, 0.5) is 0 Å². The topological polar surface area (TPSA) is 20.2 Å². The van der Waals surface area contributed by atoms with Gasteiger partial charge in [-0.2, -0.15) is 0 Å². The quantitative estimate of drug-likeness (QED) is 0.659. The van der Waals surface area contributed by atoms with Gasteiger partial charge in [0.15, 0.2) is 0 Å². The van der Waals surface area contributed by atoms with Crippen molar-refractivity contribution in [3.63, 3.8) is 0 Å². The van der Waals surface area contributed by atoms with E-state index in [0.717, 1.165) is 0 Å². The Labute approximate surface area is 87.3 Å². The first-order chi connectivity index (χ1) is 6.09. The zero-order valence-electron chi connectivity index (χ0n) is 7.01. The maximum atomic E-state index is 8.92. The average Bonchev–Trinajstić information content (AvgIpc) is 2.02. The lowest BCUT2D eigenvalue weighted by atomic mass is 10.2. The smallest absolute Gasteiger partial charge is 0.112 e. The molecule has 1 atom stereocenters. The Bertz CT molecular complexity index is 361. The van der Waals surface area contributed by atoms with Gasteiger partial charge in [-0.1, -0.05) is 35.0 Å². The molecular weight excluding hydrogens is 207 g/mol. The largest absolute Gasteiger partial charge is 0.381 e. The molecule has 68 valence electrons. The second kappa shape index (κ2) is 4.53. The normalized spacial score (nSPS) is 11.7. The van der Waals surface area contributed by atoms with Crippen molar-refractivity contribution < 1.29 is 5.11 Å². The molecule has 0 saturated carbocycles. The van der Waals surface area contributed by atoms with E-state index in [2.05, 4.69) is 11.8 Å². The van der Waals surface area contributed by atoms with E-state index in [4.69, 9.17) is 28.3 Å². The molecule has 1 unspecified atom stereocenters. The Morgan fingerprint density at radius 3 is 2.62 bits per heavy atom. The summed E-state index contributed by atoms with van der Waals surface area (Å²) < 4.78 is 0. The minimum atomic E-state index is -0.647. The van der Waals surface area contributed by atoms with Crippen molar-refractivity contribution in [3.8, 4) is 11.8 Å². The first-order valence-electron chi connectivity index (χ1n) is 3.74. The van der Waals surface area contributed by atoms with Crippen molar-refractivity contribution in [3.05, 3.63) is 33.8 Å². The number of benzene rings is 1. The van der Waals surface area contributed by atoms with E-state index >= 15 is 0 Å². The van der Waals surface area contributed by atoms with Gasteiger partial charge >= 0.3 is 0 Å². The summed E-state index contributed by atoms with van der Waals surface area (Å²) in [6, 6.07) is 5.05. The standard InChI is InChI=1S/C10H8Cl2O/c1-7(13)2-3-8-4-5-9(11)6-10(8)12/h4-7,13H,1H3. The molecule has 0 aromatic heterocycles. The van der Waals surface area contributed by atoms with Gasteiger partial charge in [-0.15, -0.1) is 0 Å². The third-order valence-electron chi connectivity index (χ3n) is 1.35. The highest BCUT2D eigenvalue weighted by atomic mass is 35.5.